The van der Waals surface area contributed by atoms with E-state index in [4.69, 9.17) is 0 Å². The third-order valence-electron chi connectivity index (χ3n) is 1.34. The fourth-order valence-electron chi connectivity index (χ4n) is 0.757. The largest absolute Gasteiger partial charge is 0.420 e. The average Bonchev–Trinajstić information content (AvgIpc) is 1.94. The van der Waals surface area contributed by atoms with Crippen molar-refractivity contribution in [3.05, 3.63) is 23.6 Å². The van der Waals surface area contributed by atoms with E-state index in [1.165, 1.54) is 0 Å². The highest BCUT2D eigenvalue weighted by molar-refractivity contribution is 6.19. The lowest BCUT2D eigenvalue weighted by Gasteiger charge is -2.10. The molecule has 0 aliphatic heterocycles. The van der Waals surface area contributed by atoms with Gasteiger partial charge in [0.25, 0.3) is 0 Å². The molecule has 0 N–H and O–H groups in total. The van der Waals surface area contributed by atoms with Gasteiger partial charge in [-0.2, -0.15) is 13.2 Å². The van der Waals surface area contributed by atoms with Gasteiger partial charge in [-0.3, -0.25) is 9.59 Å². The number of rotatable bonds is 0. The molecule has 6 heteroatoms. The predicted octanol–water partition coefficient (Wildman–Crippen LogP) is 1.48. The summed E-state index contributed by atoms with van der Waals surface area (Å²) in [6.45, 7) is 0. The van der Waals surface area contributed by atoms with Gasteiger partial charge in [-0.05, 0) is 0 Å². The highest BCUT2D eigenvalue weighted by Gasteiger charge is 2.40. The van der Waals surface area contributed by atoms with Gasteiger partial charge in [0.15, 0.2) is 11.6 Å². The fraction of sp³-hybridized carbons (Fsp3) is 0.143. The minimum absolute atomic E-state index is 0.0329. The first-order chi connectivity index (χ1) is 5.82. The van der Waals surface area contributed by atoms with Gasteiger partial charge >= 0.3 is 6.18 Å². The first-order valence-corrected chi connectivity index (χ1v) is 3.07. The first kappa shape index (κ1) is 9.63. The third kappa shape index (κ3) is 1.82. The fourth-order valence-corrected chi connectivity index (χ4v) is 0.757. The Morgan fingerprint density at radius 1 is 1.00 bits per heavy atom. The number of carbonyl (C=O) groups is 2. The van der Waals surface area contributed by atoms with Crippen LogP contribution >= 0.6 is 0 Å². The Hall–Kier alpha value is -1.46. The maximum Gasteiger partial charge on any atom is 0.420 e. The SMILES string of the molecule is O=C1C=C(C(F)(F)F)C(=O)C=C1F. The molecule has 13 heavy (non-hydrogen) atoms. The average molecular weight is 194 g/mol. The Balaban J connectivity index is 3.11. The standard InChI is InChI=1S/C7H2F4O2/c8-4-2-5(12)3(1-6(4)13)7(9,10)11/h1-2H. The number of allylic oxidation sites excluding steroid dienone is 4. The van der Waals surface area contributed by atoms with E-state index in [2.05, 4.69) is 0 Å². The summed E-state index contributed by atoms with van der Waals surface area (Å²) >= 11 is 0. The summed E-state index contributed by atoms with van der Waals surface area (Å²) in [5.41, 5.74) is -1.64. The smallest absolute Gasteiger partial charge is 0.289 e. The summed E-state index contributed by atoms with van der Waals surface area (Å²) < 4.78 is 48.0. The van der Waals surface area contributed by atoms with Gasteiger partial charge in [0.1, 0.15) is 5.57 Å². The van der Waals surface area contributed by atoms with Gasteiger partial charge in [0.2, 0.25) is 5.78 Å². The van der Waals surface area contributed by atoms with Gasteiger partial charge in [-0.25, -0.2) is 4.39 Å². The van der Waals surface area contributed by atoms with Crippen molar-refractivity contribution in [2.24, 2.45) is 0 Å². The Morgan fingerprint density at radius 2 is 1.54 bits per heavy atom. The topological polar surface area (TPSA) is 34.1 Å². The Labute approximate surface area is 69.5 Å². The number of halogens is 4. The molecule has 1 aliphatic rings. The molecule has 0 radical (unpaired) electrons. The number of carbonyl (C=O) groups excluding carboxylic acids is 2. The van der Waals surface area contributed by atoms with Crippen LogP contribution in [0.4, 0.5) is 17.6 Å². The number of alkyl halides is 3. The molecule has 1 rings (SSSR count). The van der Waals surface area contributed by atoms with Crippen LogP contribution in [0.2, 0.25) is 0 Å². The van der Waals surface area contributed by atoms with Crippen molar-refractivity contribution in [2.45, 2.75) is 6.18 Å². The van der Waals surface area contributed by atoms with Crippen molar-refractivity contribution >= 4 is 11.6 Å². The van der Waals surface area contributed by atoms with E-state index in [0.717, 1.165) is 0 Å². The lowest BCUT2D eigenvalue weighted by atomic mass is 10.0. The van der Waals surface area contributed by atoms with Crippen LogP contribution in [-0.4, -0.2) is 17.7 Å². The van der Waals surface area contributed by atoms with Crippen LogP contribution in [0, 0.1) is 0 Å². The van der Waals surface area contributed by atoms with Gasteiger partial charge in [0.05, 0.1) is 0 Å². The lowest BCUT2D eigenvalue weighted by molar-refractivity contribution is -0.128. The molecule has 0 fully saturated rings. The molecular weight excluding hydrogens is 192 g/mol. The van der Waals surface area contributed by atoms with Crippen molar-refractivity contribution in [1.29, 1.82) is 0 Å². The minimum Gasteiger partial charge on any atom is -0.289 e. The van der Waals surface area contributed by atoms with E-state index < -0.39 is 29.1 Å². The van der Waals surface area contributed by atoms with Crippen molar-refractivity contribution in [1.82, 2.24) is 0 Å². The molecule has 0 heterocycles. The van der Waals surface area contributed by atoms with E-state index in [1.807, 2.05) is 0 Å². The summed E-state index contributed by atoms with van der Waals surface area (Å²) in [4.78, 5) is 21.0. The molecule has 2 nitrogen and oxygen atoms in total. The second-order valence-corrected chi connectivity index (χ2v) is 2.28. The zero-order valence-corrected chi connectivity index (χ0v) is 5.98. The van der Waals surface area contributed by atoms with Crippen LogP contribution in [0.15, 0.2) is 23.6 Å². The zero-order valence-electron chi connectivity index (χ0n) is 5.98. The van der Waals surface area contributed by atoms with Crippen molar-refractivity contribution in [3.63, 3.8) is 0 Å². The van der Waals surface area contributed by atoms with Gasteiger partial charge in [0, 0.05) is 12.2 Å². The van der Waals surface area contributed by atoms with Gasteiger partial charge in [-0.1, -0.05) is 0 Å². The van der Waals surface area contributed by atoms with Crippen LogP contribution in [0.25, 0.3) is 0 Å². The maximum absolute atomic E-state index is 12.3. The highest BCUT2D eigenvalue weighted by Crippen LogP contribution is 2.29. The minimum atomic E-state index is -4.91. The number of hydrogen-bond donors (Lipinski definition) is 0. The molecule has 1 aliphatic carbocycles. The van der Waals surface area contributed by atoms with Crippen LogP contribution < -0.4 is 0 Å². The van der Waals surface area contributed by atoms with E-state index >= 15 is 0 Å². The Kier molecular flexibility index (Phi) is 2.07. The van der Waals surface area contributed by atoms with Crippen LogP contribution in [0.1, 0.15) is 0 Å². The van der Waals surface area contributed by atoms with E-state index in [-0.39, 0.29) is 12.2 Å². The van der Waals surface area contributed by atoms with Crippen molar-refractivity contribution in [2.75, 3.05) is 0 Å². The van der Waals surface area contributed by atoms with Crippen LogP contribution in [0.3, 0.4) is 0 Å². The van der Waals surface area contributed by atoms with E-state index in [0.29, 0.717) is 0 Å². The quantitative estimate of drug-likeness (QED) is 0.432. The number of ketones is 2. The maximum atomic E-state index is 12.3. The molecule has 0 aromatic rings. The number of hydrogen-bond acceptors (Lipinski definition) is 2. The normalized spacial score (nSPS) is 18.5. The molecule has 0 saturated carbocycles. The molecule has 0 unspecified atom stereocenters. The zero-order chi connectivity index (χ0) is 10.2. The Bertz CT molecular complexity index is 335. The molecule has 0 aromatic heterocycles. The second kappa shape index (κ2) is 2.79. The highest BCUT2D eigenvalue weighted by atomic mass is 19.4. The summed E-state index contributed by atoms with van der Waals surface area (Å²) in [6.07, 6.45) is -4.92. The van der Waals surface area contributed by atoms with E-state index in [1.54, 1.807) is 0 Å². The predicted molar refractivity (Wildman–Crippen MR) is 33.3 cm³/mol. The van der Waals surface area contributed by atoms with Gasteiger partial charge < -0.3 is 0 Å². The second-order valence-electron chi connectivity index (χ2n) is 2.28. The summed E-state index contributed by atoms with van der Waals surface area (Å²) in [7, 11) is 0. The first-order valence-electron chi connectivity index (χ1n) is 3.07. The van der Waals surface area contributed by atoms with Crippen LogP contribution in [0.5, 0.6) is 0 Å². The molecular formula is C7H2F4O2. The molecule has 0 atom stereocenters. The van der Waals surface area contributed by atoms with Crippen molar-refractivity contribution < 1.29 is 27.2 Å². The van der Waals surface area contributed by atoms with Crippen molar-refractivity contribution in [3.8, 4) is 0 Å². The van der Waals surface area contributed by atoms with E-state index in [9.17, 15) is 27.2 Å². The lowest BCUT2D eigenvalue weighted by Crippen LogP contribution is -2.23. The summed E-state index contributed by atoms with van der Waals surface area (Å²) in [5.74, 6) is -4.45. The Morgan fingerprint density at radius 3 is 2.00 bits per heavy atom. The van der Waals surface area contributed by atoms with Gasteiger partial charge in [-0.15, -0.1) is 0 Å². The summed E-state index contributed by atoms with van der Waals surface area (Å²) in [5, 5.41) is 0. The molecule has 0 bridgehead atoms. The molecule has 0 saturated heterocycles. The van der Waals surface area contributed by atoms with Crippen LogP contribution in [-0.2, 0) is 9.59 Å². The molecule has 70 valence electrons. The molecule has 0 amide bonds. The molecule has 0 spiro atoms. The third-order valence-corrected chi connectivity index (χ3v) is 1.34. The molecule has 0 aromatic carbocycles. The summed E-state index contributed by atoms with van der Waals surface area (Å²) in [6, 6.07) is 0. The monoisotopic (exact) mass is 194 g/mol.